The second-order valence-corrected chi connectivity index (χ2v) is 8.10. The molecular formula is C13H19NO3S2. The van der Waals surface area contributed by atoms with Crippen LogP contribution < -0.4 is 4.72 Å². The summed E-state index contributed by atoms with van der Waals surface area (Å²) in [6.07, 6.45) is 1.46. The van der Waals surface area contributed by atoms with Crippen molar-refractivity contribution in [2.45, 2.75) is 53.9 Å². The van der Waals surface area contributed by atoms with Gasteiger partial charge in [-0.15, -0.1) is 11.8 Å². The number of aliphatic hydroxyl groups is 1. The van der Waals surface area contributed by atoms with E-state index in [4.69, 9.17) is 0 Å². The summed E-state index contributed by atoms with van der Waals surface area (Å²) in [5.41, 5.74) is 0. The molecule has 2 rings (SSSR count). The maximum absolute atomic E-state index is 12.0. The van der Waals surface area contributed by atoms with E-state index < -0.39 is 16.1 Å². The van der Waals surface area contributed by atoms with Gasteiger partial charge in [-0.2, -0.15) is 0 Å². The predicted molar refractivity (Wildman–Crippen MR) is 76.8 cm³/mol. The van der Waals surface area contributed by atoms with Crippen molar-refractivity contribution in [2.75, 3.05) is 0 Å². The fourth-order valence-corrected chi connectivity index (χ4v) is 3.72. The Morgan fingerprint density at radius 3 is 2.32 bits per heavy atom. The van der Waals surface area contributed by atoms with Gasteiger partial charge in [-0.1, -0.05) is 6.92 Å². The summed E-state index contributed by atoms with van der Waals surface area (Å²) in [5.74, 6) is 0. The van der Waals surface area contributed by atoms with Gasteiger partial charge in [-0.25, -0.2) is 13.1 Å². The van der Waals surface area contributed by atoms with E-state index in [-0.39, 0.29) is 11.3 Å². The first kappa shape index (κ1) is 14.8. The Morgan fingerprint density at radius 2 is 1.84 bits per heavy atom. The van der Waals surface area contributed by atoms with Crippen LogP contribution in [-0.2, 0) is 10.0 Å². The van der Waals surface area contributed by atoms with E-state index in [2.05, 4.69) is 4.72 Å². The van der Waals surface area contributed by atoms with Gasteiger partial charge in [0.25, 0.3) is 0 Å². The van der Waals surface area contributed by atoms with Crippen LogP contribution >= 0.6 is 11.8 Å². The molecule has 0 spiro atoms. The van der Waals surface area contributed by atoms with E-state index in [1.165, 1.54) is 11.8 Å². The molecule has 1 aliphatic rings. The molecule has 0 radical (unpaired) electrons. The first-order chi connectivity index (χ1) is 8.88. The summed E-state index contributed by atoms with van der Waals surface area (Å²) in [6.45, 7) is 3.69. The number of rotatable bonds is 6. The van der Waals surface area contributed by atoms with E-state index in [9.17, 15) is 13.5 Å². The van der Waals surface area contributed by atoms with Crippen LogP contribution in [0.4, 0.5) is 0 Å². The SMILES string of the molecule is CC(O)C(C)Sc1ccc(S(=O)(=O)NC2CC2)cc1. The molecule has 1 aliphatic carbocycles. The Kier molecular flexibility index (Phi) is 4.55. The van der Waals surface area contributed by atoms with Gasteiger partial charge in [0, 0.05) is 16.2 Å². The van der Waals surface area contributed by atoms with E-state index in [1.54, 1.807) is 31.2 Å². The zero-order chi connectivity index (χ0) is 14.0. The first-order valence-electron chi connectivity index (χ1n) is 6.35. The van der Waals surface area contributed by atoms with E-state index in [1.807, 2.05) is 6.92 Å². The van der Waals surface area contributed by atoms with Gasteiger partial charge in [0.1, 0.15) is 0 Å². The van der Waals surface area contributed by atoms with E-state index in [0.717, 1.165) is 17.7 Å². The monoisotopic (exact) mass is 301 g/mol. The molecule has 2 atom stereocenters. The molecule has 2 unspecified atom stereocenters. The summed E-state index contributed by atoms with van der Waals surface area (Å²) in [6, 6.07) is 6.91. The van der Waals surface area contributed by atoms with Crippen molar-refractivity contribution in [1.29, 1.82) is 0 Å². The van der Waals surface area contributed by atoms with Crippen molar-refractivity contribution in [3.05, 3.63) is 24.3 Å². The van der Waals surface area contributed by atoms with Crippen LogP contribution in [0.15, 0.2) is 34.1 Å². The fourth-order valence-electron chi connectivity index (χ4n) is 1.50. The summed E-state index contributed by atoms with van der Waals surface area (Å²) >= 11 is 1.53. The Hall–Kier alpha value is -0.560. The van der Waals surface area contributed by atoms with Crippen LogP contribution in [0.25, 0.3) is 0 Å². The highest BCUT2D eigenvalue weighted by molar-refractivity contribution is 8.00. The summed E-state index contributed by atoms with van der Waals surface area (Å²) < 4.78 is 26.6. The topological polar surface area (TPSA) is 66.4 Å². The normalized spacial score (nSPS) is 19.1. The van der Waals surface area contributed by atoms with Crippen LogP contribution in [-0.4, -0.2) is 30.9 Å². The molecule has 19 heavy (non-hydrogen) atoms. The third-order valence-electron chi connectivity index (χ3n) is 3.03. The molecule has 0 bridgehead atoms. The minimum atomic E-state index is -3.37. The molecule has 0 aromatic heterocycles. The maximum atomic E-state index is 12.0. The largest absolute Gasteiger partial charge is 0.392 e. The zero-order valence-corrected chi connectivity index (χ0v) is 12.7. The fraction of sp³-hybridized carbons (Fsp3) is 0.538. The average molecular weight is 301 g/mol. The quantitative estimate of drug-likeness (QED) is 0.789. The average Bonchev–Trinajstić information content (AvgIpc) is 3.12. The van der Waals surface area contributed by atoms with Crippen LogP contribution in [0.2, 0.25) is 0 Å². The first-order valence-corrected chi connectivity index (χ1v) is 8.72. The molecule has 1 aromatic rings. The molecule has 0 aliphatic heterocycles. The van der Waals surface area contributed by atoms with Crippen LogP contribution in [0.5, 0.6) is 0 Å². The number of sulfonamides is 1. The third-order valence-corrected chi connectivity index (χ3v) is 5.88. The van der Waals surface area contributed by atoms with Crippen LogP contribution in [0, 0.1) is 0 Å². The summed E-state index contributed by atoms with van der Waals surface area (Å²) in [4.78, 5) is 1.26. The lowest BCUT2D eigenvalue weighted by atomic mass is 10.3. The summed E-state index contributed by atoms with van der Waals surface area (Å²) in [5, 5.41) is 9.52. The van der Waals surface area contributed by atoms with Gasteiger partial charge in [0.05, 0.1) is 11.0 Å². The molecule has 1 saturated carbocycles. The van der Waals surface area contributed by atoms with Crippen molar-refractivity contribution < 1.29 is 13.5 Å². The minimum absolute atomic E-state index is 0.0760. The van der Waals surface area contributed by atoms with Crippen molar-refractivity contribution in [3.63, 3.8) is 0 Å². The van der Waals surface area contributed by atoms with E-state index >= 15 is 0 Å². The second-order valence-electron chi connectivity index (χ2n) is 4.93. The Balaban J connectivity index is 2.05. The predicted octanol–water partition coefficient (Wildman–Crippen LogP) is 1.99. The molecule has 0 heterocycles. The van der Waals surface area contributed by atoms with Gasteiger partial charge in [-0.05, 0) is 44.0 Å². The Bertz CT molecular complexity index is 521. The van der Waals surface area contributed by atoms with Crippen LogP contribution in [0.3, 0.4) is 0 Å². The van der Waals surface area contributed by atoms with Crippen molar-refractivity contribution >= 4 is 21.8 Å². The highest BCUT2D eigenvalue weighted by Crippen LogP contribution is 2.27. The smallest absolute Gasteiger partial charge is 0.240 e. The third kappa shape index (κ3) is 4.21. The van der Waals surface area contributed by atoms with Gasteiger partial charge in [0.15, 0.2) is 0 Å². The lowest BCUT2D eigenvalue weighted by Crippen LogP contribution is -2.25. The molecule has 2 N–H and O–H groups in total. The number of hydrogen-bond donors (Lipinski definition) is 2. The lowest BCUT2D eigenvalue weighted by molar-refractivity contribution is 0.196. The van der Waals surface area contributed by atoms with Crippen molar-refractivity contribution in [2.24, 2.45) is 0 Å². The van der Waals surface area contributed by atoms with Gasteiger partial charge in [0.2, 0.25) is 10.0 Å². The molecule has 0 amide bonds. The lowest BCUT2D eigenvalue weighted by Gasteiger charge is -2.14. The van der Waals surface area contributed by atoms with Crippen LogP contribution in [0.1, 0.15) is 26.7 Å². The molecule has 106 valence electrons. The van der Waals surface area contributed by atoms with Gasteiger partial charge < -0.3 is 5.11 Å². The maximum Gasteiger partial charge on any atom is 0.240 e. The molecule has 0 saturated heterocycles. The molecular weight excluding hydrogens is 282 g/mol. The van der Waals surface area contributed by atoms with Crippen molar-refractivity contribution in [1.82, 2.24) is 4.72 Å². The second kappa shape index (κ2) is 5.83. The summed E-state index contributed by atoms with van der Waals surface area (Å²) in [7, 11) is -3.37. The van der Waals surface area contributed by atoms with Gasteiger partial charge in [-0.3, -0.25) is 0 Å². The molecule has 1 aromatic carbocycles. The van der Waals surface area contributed by atoms with E-state index in [0.29, 0.717) is 4.90 Å². The van der Waals surface area contributed by atoms with Gasteiger partial charge >= 0.3 is 0 Å². The number of nitrogens with one attached hydrogen (secondary N) is 1. The molecule has 1 fully saturated rings. The number of hydrogen-bond acceptors (Lipinski definition) is 4. The molecule has 6 heteroatoms. The Morgan fingerprint density at radius 1 is 1.26 bits per heavy atom. The zero-order valence-electron chi connectivity index (χ0n) is 11.0. The number of aliphatic hydroxyl groups excluding tert-OH is 1. The number of thioether (sulfide) groups is 1. The Labute approximate surface area is 118 Å². The minimum Gasteiger partial charge on any atom is -0.392 e. The standard InChI is InChI=1S/C13H19NO3S2/c1-9(15)10(2)18-12-5-7-13(8-6-12)19(16,17)14-11-3-4-11/h5-11,14-15H,3-4H2,1-2H3. The highest BCUT2D eigenvalue weighted by atomic mass is 32.2. The number of benzene rings is 1. The highest BCUT2D eigenvalue weighted by Gasteiger charge is 2.27. The van der Waals surface area contributed by atoms with Crippen molar-refractivity contribution in [3.8, 4) is 0 Å². The molecule has 4 nitrogen and oxygen atoms in total.